The molecule has 0 aliphatic heterocycles. The van der Waals surface area contributed by atoms with Crippen LogP contribution >= 0.6 is 0 Å². The number of rotatable bonds is 4. The third-order valence-electron chi connectivity index (χ3n) is 0.845. The molecule has 0 spiro atoms. The number of esters is 2. The predicted octanol–water partition coefficient (Wildman–Crippen LogP) is -2.24. The molecule has 0 atom stereocenters. The van der Waals surface area contributed by atoms with Gasteiger partial charge < -0.3 is 9.47 Å². The van der Waals surface area contributed by atoms with Crippen molar-refractivity contribution in [2.24, 2.45) is 0 Å². The zero-order valence-corrected chi connectivity index (χ0v) is 9.02. The summed E-state index contributed by atoms with van der Waals surface area (Å²) in [7, 11) is -9.23. The van der Waals surface area contributed by atoms with Gasteiger partial charge in [-0.2, -0.15) is 16.8 Å². The largest absolute Gasteiger partial charge is 0.438 e. The lowest BCUT2D eigenvalue weighted by Crippen LogP contribution is -2.25. The topological polar surface area (TPSA) is 161 Å². The molecule has 12 heteroatoms. The summed E-state index contributed by atoms with van der Waals surface area (Å²) in [5.41, 5.74) is 0. The van der Waals surface area contributed by atoms with E-state index in [9.17, 15) is 26.4 Å². The molecule has 0 aliphatic rings. The van der Waals surface area contributed by atoms with Crippen LogP contribution in [0, 0.1) is 0 Å². The monoisotopic (exact) mass is 278 g/mol. The normalized spacial score (nSPS) is 11.9. The Morgan fingerprint density at radius 1 is 0.812 bits per heavy atom. The average Bonchev–Trinajstić information content (AvgIpc) is 2.07. The fourth-order valence-corrected chi connectivity index (χ4v) is 0.886. The molecule has 2 N–H and O–H groups in total. The van der Waals surface area contributed by atoms with E-state index in [1.54, 1.807) is 0 Å². The van der Waals surface area contributed by atoms with Gasteiger partial charge in [0.15, 0.2) is 0 Å². The Morgan fingerprint density at radius 3 is 1.25 bits per heavy atom. The molecular weight excluding hydrogens is 272 g/mol. The minimum Gasteiger partial charge on any atom is -0.438 e. The van der Waals surface area contributed by atoms with Gasteiger partial charge in [0.1, 0.15) is 0 Å². The Balaban J connectivity index is 4.17. The second-order valence-corrected chi connectivity index (χ2v) is 5.06. The Hall–Kier alpha value is -1.24. The predicted molar refractivity (Wildman–Crippen MR) is 45.0 cm³/mol. The molecular formula is C4H6O10S2. The average molecular weight is 278 g/mol. The Morgan fingerprint density at radius 2 is 1.06 bits per heavy atom. The molecule has 0 saturated carbocycles. The first kappa shape index (κ1) is 14.8. The first-order chi connectivity index (χ1) is 7.01. The summed E-state index contributed by atoms with van der Waals surface area (Å²) in [5, 5.41) is 0. The highest BCUT2D eigenvalue weighted by atomic mass is 32.2. The first-order valence-electron chi connectivity index (χ1n) is 3.25. The van der Waals surface area contributed by atoms with Crippen LogP contribution in [-0.4, -0.2) is 49.8 Å². The second kappa shape index (κ2) is 5.20. The van der Waals surface area contributed by atoms with Crippen molar-refractivity contribution in [1.29, 1.82) is 0 Å². The fourth-order valence-electron chi connectivity index (χ4n) is 0.374. The molecule has 94 valence electrons. The van der Waals surface area contributed by atoms with Crippen LogP contribution in [0.1, 0.15) is 0 Å². The van der Waals surface area contributed by atoms with Crippen molar-refractivity contribution in [3.63, 3.8) is 0 Å². The summed E-state index contributed by atoms with van der Waals surface area (Å²) in [4.78, 5) is 21.1. The molecule has 0 rings (SSSR count). The van der Waals surface area contributed by atoms with Crippen LogP contribution in [0.25, 0.3) is 0 Å². The zero-order chi connectivity index (χ0) is 13.0. The smallest absolute Gasteiger partial charge is 0.418 e. The van der Waals surface area contributed by atoms with E-state index in [-0.39, 0.29) is 0 Å². The van der Waals surface area contributed by atoms with Gasteiger partial charge in [-0.25, -0.2) is 9.59 Å². The van der Waals surface area contributed by atoms with Crippen LogP contribution < -0.4 is 0 Å². The van der Waals surface area contributed by atoms with Gasteiger partial charge in [-0.1, -0.05) is 0 Å². The molecule has 0 saturated heterocycles. The van der Waals surface area contributed by atoms with Crippen LogP contribution in [0.2, 0.25) is 0 Å². The molecule has 0 aromatic carbocycles. The van der Waals surface area contributed by atoms with Gasteiger partial charge in [0.25, 0.3) is 0 Å². The van der Waals surface area contributed by atoms with Gasteiger partial charge in [0, 0.05) is 0 Å². The van der Waals surface area contributed by atoms with E-state index >= 15 is 0 Å². The van der Waals surface area contributed by atoms with Crippen molar-refractivity contribution in [3.05, 3.63) is 0 Å². The van der Waals surface area contributed by atoms with Crippen LogP contribution in [0.3, 0.4) is 0 Å². The van der Waals surface area contributed by atoms with Crippen LogP contribution in [-0.2, 0) is 39.3 Å². The van der Waals surface area contributed by atoms with E-state index < -0.39 is 44.1 Å². The molecule has 16 heavy (non-hydrogen) atoms. The highest BCUT2D eigenvalue weighted by molar-refractivity contribution is 7.85. The van der Waals surface area contributed by atoms with E-state index in [1.807, 2.05) is 0 Å². The molecule has 0 fully saturated rings. The SMILES string of the molecule is O=C(OCS(=O)(=O)O)C(=O)OCS(=O)(=O)O. The van der Waals surface area contributed by atoms with E-state index in [1.165, 1.54) is 0 Å². The Kier molecular flexibility index (Phi) is 4.80. The summed E-state index contributed by atoms with van der Waals surface area (Å²) < 4.78 is 63.9. The van der Waals surface area contributed by atoms with Gasteiger partial charge in [0.2, 0.25) is 11.9 Å². The molecule has 0 amide bonds. The summed E-state index contributed by atoms with van der Waals surface area (Å²) in [6.07, 6.45) is 0. The van der Waals surface area contributed by atoms with E-state index in [2.05, 4.69) is 9.47 Å². The lowest BCUT2D eigenvalue weighted by atomic mass is 10.7. The molecule has 0 aliphatic carbocycles. The number of carbonyl (C=O) groups excluding carboxylic acids is 2. The number of carbonyl (C=O) groups is 2. The summed E-state index contributed by atoms with van der Waals surface area (Å²) in [5.74, 6) is -6.62. The maximum absolute atomic E-state index is 10.6. The van der Waals surface area contributed by atoms with Gasteiger partial charge in [-0.15, -0.1) is 0 Å². The number of hydrogen-bond acceptors (Lipinski definition) is 8. The quantitative estimate of drug-likeness (QED) is 0.326. The molecule has 0 aromatic heterocycles. The van der Waals surface area contributed by atoms with Gasteiger partial charge in [0.05, 0.1) is 0 Å². The minimum absolute atomic E-state index is 1.48. The van der Waals surface area contributed by atoms with E-state index in [0.29, 0.717) is 0 Å². The maximum atomic E-state index is 10.6. The highest BCUT2D eigenvalue weighted by Gasteiger charge is 2.22. The molecule has 0 heterocycles. The van der Waals surface area contributed by atoms with Crippen molar-refractivity contribution in [2.45, 2.75) is 0 Å². The van der Waals surface area contributed by atoms with Crippen LogP contribution in [0.5, 0.6) is 0 Å². The van der Waals surface area contributed by atoms with Crippen LogP contribution in [0.15, 0.2) is 0 Å². The zero-order valence-electron chi connectivity index (χ0n) is 7.39. The first-order valence-corrected chi connectivity index (χ1v) is 6.47. The second-order valence-electron chi connectivity index (χ2n) is 2.26. The fraction of sp³-hybridized carbons (Fsp3) is 0.500. The summed E-state index contributed by atoms with van der Waals surface area (Å²) >= 11 is 0. The van der Waals surface area contributed by atoms with Gasteiger partial charge in [-0.05, 0) is 0 Å². The number of hydrogen-bond donors (Lipinski definition) is 2. The highest BCUT2D eigenvalue weighted by Crippen LogP contribution is 1.91. The third-order valence-corrected chi connectivity index (χ3v) is 1.68. The van der Waals surface area contributed by atoms with E-state index in [4.69, 9.17) is 9.11 Å². The van der Waals surface area contributed by atoms with Crippen molar-refractivity contribution < 1.29 is 45.0 Å². The van der Waals surface area contributed by atoms with Crippen molar-refractivity contribution in [1.82, 2.24) is 0 Å². The summed E-state index contributed by atoms with van der Waals surface area (Å²) in [6.45, 7) is 0. The third kappa shape index (κ3) is 8.10. The van der Waals surface area contributed by atoms with Crippen molar-refractivity contribution in [2.75, 3.05) is 11.9 Å². The van der Waals surface area contributed by atoms with Gasteiger partial charge >= 0.3 is 32.2 Å². The lowest BCUT2D eigenvalue weighted by molar-refractivity contribution is -0.165. The van der Waals surface area contributed by atoms with Crippen molar-refractivity contribution >= 4 is 32.2 Å². The molecule has 0 unspecified atom stereocenters. The Bertz CT molecular complexity index is 423. The number of ether oxygens (including phenoxy) is 2. The standard InChI is InChI=1S/C4H6O10S2/c5-3(13-1-15(7,8)9)4(6)14-2-16(10,11)12/h1-2H2,(H,7,8,9)(H,10,11,12). The maximum Gasteiger partial charge on any atom is 0.418 e. The van der Waals surface area contributed by atoms with E-state index in [0.717, 1.165) is 0 Å². The lowest BCUT2D eigenvalue weighted by Gasteiger charge is -2.02. The molecule has 0 radical (unpaired) electrons. The summed E-state index contributed by atoms with van der Waals surface area (Å²) in [6, 6.07) is 0. The Labute approximate surface area is 89.6 Å². The van der Waals surface area contributed by atoms with Crippen LogP contribution in [0.4, 0.5) is 0 Å². The molecule has 0 aromatic rings. The van der Waals surface area contributed by atoms with Gasteiger partial charge in [-0.3, -0.25) is 9.11 Å². The van der Waals surface area contributed by atoms with Crippen molar-refractivity contribution in [3.8, 4) is 0 Å². The molecule has 0 bridgehead atoms. The molecule has 10 nitrogen and oxygen atoms in total. The minimum atomic E-state index is -4.61.